The van der Waals surface area contributed by atoms with Crippen LogP contribution < -0.4 is 27.6 Å². The quantitative estimate of drug-likeness (QED) is 0.509. The Morgan fingerprint density at radius 1 is 0.806 bits per heavy atom. The summed E-state index contributed by atoms with van der Waals surface area (Å²) in [7, 11) is 0. The monoisotopic (exact) mass is 418 g/mol. The fourth-order valence-corrected chi connectivity index (χ4v) is 3.24. The molecule has 0 amide bonds. The van der Waals surface area contributed by atoms with Crippen LogP contribution in [0.5, 0.6) is 5.88 Å². The van der Waals surface area contributed by atoms with Gasteiger partial charge in [0, 0.05) is 0 Å². The normalized spacial score (nSPS) is 10.8. The molecule has 0 fully saturated rings. The van der Waals surface area contributed by atoms with Crippen LogP contribution >= 0.6 is 0 Å². The summed E-state index contributed by atoms with van der Waals surface area (Å²) < 4.78 is 12.2. The average Bonchev–Trinajstić information content (AvgIpc) is 2.96. The maximum atomic E-state index is 13.2. The van der Waals surface area contributed by atoms with Gasteiger partial charge in [-0.1, -0.05) is 60.7 Å². The molecule has 1 N–H and O–H groups in total. The number of hydrogen-bond donors (Lipinski definition) is 1. The predicted molar refractivity (Wildman–Crippen MR) is 113 cm³/mol. The third kappa shape index (κ3) is 4.04. The summed E-state index contributed by atoms with van der Waals surface area (Å²) >= 11 is 0. The van der Waals surface area contributed by atoms with Crippen molar-refractivity contribution in [3.63, 3.8) is 0 Å². The second-order valence-corrected chi connectivity index (χ2v) is 6.84. The summed E-state index contributed by atoms with van der Waals surface area (Å²) in [5.74, 6) is -0.387. The van der Waals surface area contributed by atoms with Gasteiger partial charge in [-0.05, 0) is 23.8 Å². The average molecular weight is 418 g/mol. The van der Waals surface area contributed by atoms with E-state index in [4.69, 9.17) is 8.83 Å². The van der Waals surface area contributed by atoms with Crippen LogP contribution in [0.25, 0.3) is 12.7 Å². The van der Waals surface area contributed by atoms with Gasteiger partial charge in [0.25, 0.3) is 11.2 Å². The molecule has 0 spiro atoms. The molecule has 0 atom stereocenters. The van der Waals surface area contributed by atoms with Crippen LogP contribution in [0.4, 0.5) is 0 Å². The Hall–Kier alpha value is -4.33. The molecule has 0 bridgehead atoms. The first kappa shape index (κ1) is 20.0. The third-order valence-corrected chi connectivity index (χ3v) is 4.73. The highest BCUT2D eigenvalue weighted by molar-refractivity contribution is 5.53. The summed E-state index contributed by atoms with van der Waals surface area (Å²) in [6.07, 6.45) is 0.984. The number of rotatable bonds is 5. The fraction of sp³-hybridized carbons (Fsp3) is 0.0870. The lowest BCUT2D eigenvalue weighted by atomic mass is 10.2. The largest absolute Gasteiger partial charge is 0.493 e. The Bertz CT molecular complexity index is 1470. The van der Waals surface area contributed by atoms with Crippen molar-refractivity contribution in [3.05, 3.63) is 119 Å². The molecule has 8 heteroatoms. The van der Waals surface area contributed by atoms with E-state index >= 15 is 0 Å². The van der Waals surface area contributed by atoms with Gasteiger partial charge in [-0.25, -0.2) is 19.0 Å². The minimum absolute atomic E-state index is 0.176. The van der Waals surface area contributed by atoms with Crippen molar-refractivity contribution in [1.29, 1.82) is 0 Å². The minimum atomic E-state index is -1.01. The molecular formula is C23H18N2O6. The zero-order valence-electron chi connectivity index (χ0n) is 16.4. The van der Waals surface area contributed by atoms with E-state index in [2.05, 4.69) is 6.58 Å². The molecule has 4 rings (SSSR count). The first-order chi connectivity index (χ1) is 14.9. The van der Waals surface area contributed by atoms with Crippen LogP contribution in [0.3, 0.4) is 0 Å². The summed E-state index contributed by atoms with van der Waals surface area (Å²) in [5.41, 5.74) is -1.57. The van der Waals surface area contributed by atoms with Crippen LogP contribution in [0.1, 0.15) is 16.7 Å². The summed E-state index contributed by atoms with van der Waals surface area (Å²) in [4.78, 5) is 37.3. The first-order valence-electron chi connectivity index (χ1n) is 9.39. The van der Waals surface area contributed by atoms with Gasteiger partial charge in [-0.15, -0.1) is 0 Å². The molecule has 0 saturated carbocycles. The number of nitrogens with zero attached hydrogens (tertiary/aromatic N) is 2. The van der Waals surface area contributed by atoms with Gasteiger partial charge in [0.1, 0.15) is 10.8 Å². The van der Waals surface area contributed by atoms with Crippen molar-refractivity contribution in [3.8, 4) is 5.88 Å². The van der Waals surface area contributed by atoms with Crippen molar-refractivity contribution in [2.45, 2.75) is 13.1 Å². The van der Waals surface area contributed by atoms with E-state index in [0.29, 0.717) is 0 Å². The Morgan fingerprint density at radius 2 is 1.29 bits per heavy atom. The van der Waals surface area contributed by atoms with Gasteiger partial charge in [-0.2, -0.15) is 0 Å². The Morgan fingerprint density at radius 3 is 1.81 bits per heavy atom. The van der Waals surface area contributed by atoms with E-state index in [0.717, 1.165) is 17.2 Å². The van der Waals surface area contributed by atoms with Gasteiger partial charge >= 0.3 is 11.3 Å². The molecule has 0 aliphatic heterocycles. The topological polar surface area (TPSA) is 108 Å². The van der Waals surface area contributed by atoms with Gasteiger partial charge in [0.15, 0.2) is 0 Å². The molecule has 156 valence electrons. The van der Waals surface area contributed by atoms with Crippen molar-refractivity contribution in [1.82, 2.24) is 9.36 Å². The molecular weight excluding hydrogens is 400 g/mol. The van der Waals surface area contributed by atoms with E-state index in [9.17, 15) is 19.5 Å². The van der Waals surface area contributed by atoms with E-state index in [1.165, 1.54) is 9.36 Å². The molecule has 8 nitrogen and oxygen atoms in total. The Kier molecular flexibility index (Phi) is 5.28. The molecule has 31 heavy (non-hydrogen) atoms. The van der Waals surface area contributed by atoms with Crippen molar-refractivity contribution in [2.24, 2.45) is 0 Å². The summed E-state index contributed by atoms with van der Waals surface area (Å²) in [6.45, 7) is 3.64. The number of aromatic hydroxyl groups is 1. The number of hydrogen-bond acceptors (Lipinski definition) is 6. The maximum absolute atomic E-state index is 13.2. The maximum Gasteiger partial charge on any atom is 0.353 e. The fourth-order valence-electron chi connectivity index (χ4n) is 3.24. The van der Waals surface area contributed by atoms with Gasteiger partial charge in [-0.3, -0.25) is 4.79 Å². The lowest BCUT2D eigenvalue weighted by molar-refractivity contribution is 0.286. The smallest absolute Gasteiger partial charge is 0.353 e. The van der Waals surface area contributed by atoms with Crippen molar-refractivity contribution in [2.75, 3.05) is 0 Å². The van der Waals surface area contributed by atoms with Crippen LogP contribution in [0, 0.1) is 0 Å². The highest BCUT2D eigenvalue weighted by atomic mass is 16.5. The Balaban J connectivity index is 1.93. The Labute approximate surface area is 174 Å². The van der Waals surface area contributed by atoms with Gasteiger partial charge in [0.05, 0.1) is 13.1 Å². The molecule has 0 aliphatic carbocycles. The zero-order valence-corrected chi connectivity index (χ0v) is 16.4. The standard InChI is InChI=1S/C23H18N2O6/c1-15-30-22(28)19(23(29)31-15)12-18-20(26)24(13-16-8-4-2-5-9-16)25(21(18)27)14-17-10-6-3-7-11-17/h2-12,26H,1,13-14H2. The van der Waals surface area contributed by atoms with Gasteiger partial charge in [0.2, 0.25) is 5.88 Å². The molecule has 0 saturated heterocycles. The molecule has 2 heterocycles. The highest BCUT2D eigenvalue weighted by Crippen LogP contribution is 2.18. The summed E-state index contributed by atoms with van der Waals surface area (Å²) in [5, 5.41) is 10.4. The number of benzene rings is 2. The summed E-state index contributed by atoms with van der Waals surface area (Å²) in [6, 6.07) is 18.5. The SMILES string of the molecule is C=c1oc(=O)c(=Cc2c(O)n(Cc3ccccc3)n(Cc3ccccc3)c2=O)c(=O)o1. The van der Waals surface area contributed by atoms with Gasteiger partial charge < -0.3 is 13.9 Å². The van der Waals surface area contributed by atoms with Crippen LogP contribution in [0.15, 0.2) is 83.9 Å². The first-order valence-corrected chi connectivity index (χ1v) is 9.39. The van der Waals surface area contributed by atoms with Crippen LogP contribution in [-0.2, 0) is 13.1 Å². The second-order valence-electron chi connectivity index (χ2n) is 6.84. The molecule has 4 aromatic rings. The minimum Gasteiger partial charge on any atom is -0.493 e. The van der Waals surface area contributed by atoms with Crippen molar-refractivity contribution >= 4 is 12.7 Å². The van der Waals surface area contributed by atoms with E-state index in [1.54, 1.807) is 0 Å². The van der Waals surface area contributed by atoms with E-state index < -0.39 is 27.6 Å². The van der Waals surface area contributed by atoms with E-state index in [-0.39, 0.29) is 24.5 Å². The lowest BCUT2D eigenvalue weighted by Crippen LogP contribution is -2.41. The molecule has 0 radical (unpaired) electrons. The van der Waals surface area contributed by atoms with Crippen LogP contribution in [-0.4, -0.2) is 14.5 Å². The zero-order chi connectivity index (χ0) is 22.0. The van der Waals surface area contributed by atoms with Crippen molar-refractivity contribution < 1.29 is 13.9 Å². The van der Waals surface area contributed by atoms with E-state index in [1.807, 2.05) is 60.7 Å². The predicted octanol–water partition coefficient (Wildman–Crippen LogP) is 0.597. The van der Waals surface area contributed by atoms with Crippen LogP contribution in [0.2, 0.25) is 0 Å². The number of aromatic nitrogens is 2. The molecule has 2 aromatic carbocycles. The second kappa shape index (κ2) is 8.19. The third-order valence-electron chi connectivity index (χ3n) is 4.73. The lowest BCUT2D eigenvalue weighted by Gasteiger charge is -2.13. The molecule has 0 aliphatic rings. The molecule has 0 unspecified atom stereocenters. The highest BCUT2D eigenvalue weighted by Gasteiger charge is 2.19. The molecule has 2 aromatic heterocycles.